The number of carbonyl (C=O) groups is 1. The molecule has 2 aromatic rings. The van der Waals surface area contributed by atoms with Crippen LogP contribution in [0.2, 0.25) is 0 Å². The summed E-state index contributed by atoms with van der Waals surface area (Å²) in [4.78, 5) is 14.2. The van der Waals surface area contributed by atoms with Crippen LogP contribution < -0.4 is 0 Å². The van der Waals surface area contributed by atoms with Crippen molar-refractivity contribution < 1.29 is 14.6 Å². The van der Waals surface area contributed by atoms with Gasteiger partial charge in [0.25, 0.3) is 0 Å². The fourth-order valence-electron chi connectivity index (χ4n) is 2.62. The summed E-state index contributed by atoms with van der Waals surface area (Å²) in [5.74, 6) is 0.478. The van der Waals surface area contributed by atoms with Gasteiger partial charge in [0.05, 0.1) is 23.6 Å². The zero-order valence-electron chi connectivity index (χ0n) is 13.5. The van der Waals surface area contributed by atoms with Gasteiger partial charge in [-0.3, -0.25) is 4.79 Å². The molecule has 1 aromatic carbocycles. The monoisotopic (exact) mass is 349 g/mol. The number of aromatic nitrogens is 4. The first kappa shape index (κ1) is 16.7. The number of amides is 1. The second-order valence-corrected chi connectivity index (χ2v) is 6.68. The second kappa shape index (κ2) is 7.18. The van der Waals surface area contributed by atoms with Gasteiger partial charge in [-0.25, -0.2) is 0 Å². The maximum Gasteiger partial charge on any atom is 0.233 e. The minimum atomic E-state index is 0.0438. The zero-order chi connectivity index (χ0) is 17.1. The molecule has 2 atom stereocenters. The smallest absolute Gasteiger partial charge is 0.233 e. The molecule has 1 amide bonds. The number of benzene rings is 1. The predicted molar refractivity (Wildman–Crippen MR) is 88.1 cm³/mol. The normalized spacial score (nSPS) is 21.0. The van der Waals surface area contributed by atoms with E-state index in [1.807, 2.05) is 18.7 Å². The number of hydrogen-bond acceptors (Lipinski definition) is 7. The van der Waals surface area contributed by atoms with Crippen molar-refractivity contribution in [2.45, 2.75) is 31.2 Å². The minimum Gasteiger partial charge on any atom is -0.508 e. The summed E-state index contributed by atoms with van der Waals surface area (Å²) < 4.78 is 7.19. The molecule has 128 valence electrons. The van der Waals surface area contributed by atoms with Crippen LogP contribution in [0.3, 0.4) is 0 Å². The summed E-state index contributed by atoms with van der Waals surface area (Å²) in [5.41, 5.74) is 0.723. The van der Waals surface area contributed by atoms with Crippen molar-refractivity contribution in [1.29, 1.82) is 0 Å². The molecule has 0 spiro atoms. The van der Waals surface area contributed by atoms with Gasteiger partial charge in [-0.2, -0.15) is 4.68 Å². The Morgan fingerprint density at radius 2 is 1.96 bits per heavy atom. The van der Waals surface area contributed by atoms with Gasteiger partial charge < -0.3 is 14.7 Å². The fraction of sp³-hybridized carbons (Fsp3) is 0.467. The number of hydrogen-bond donors (Lipinski definition) is 1. The first-order valence-corrected chi connectivity index (χ1v) is 8.65. The van der Waals surface area contributed by atoms with Crippen molar-refractivity contribution in [3.8, 4) is 11.4 Å². The quantitative estimate of drug-likeness (QED) is 0.826. The van der Waals surface area contributed by atoms with Gasteiger partial charge in [0.1, 0.15) is 5.75 Å². The molecule has 24 heavy (non-hydrogen) atoms. The van der Waals surface area contributed by atoms with Crippen LogP contribution in [0.1, 0.15) is 13.8 Å². The van der Waals surface area contributed by atoms with Gasteiger partial charge in [0.2, 0.25) is 11.1 Å². The molecule has 1 aliphatic heterocycles. The number of tetrazole rings is 1. The number of aromatic hydroxyl groups is 1. The van der Waals surface area contributed by atoms with E-state index in [4.69, 9.17) is 4.74 Å². The average molecular weight is 349 g/mol. The predicted octanol–water partition coefficient (Wildman–Crippen LogP) is 1.10. The second-order valence-electron chi connectivity index (χ2n) is 5.73. The van der Waals surface area contributed by atoms with Gasteiger partial charge in [0.15, 0.2) is 0 Å². The van der Waals surface area contributed by atoms with E-state index in [0.29, 0.717) is 18.2 Å². The molecule has 1 aromatic heterocycles. The molecule has 0 saturated carbocycles. The highest BCUT2D eigenvalue weighted by atomic mass is 32.2. The Hall–Kier alpha value is -2.13. The molecule has 0 bridgehead atoms. The molecule has 0 aliphatic carbocycles. The third kappa shape index (κ3) is 3.85. The third-order valence-corrected chi connectivity index (χ3v) is 4.54. The van der Waals surface area contributed by atoms with Crippen LogP contribution in [0.5, 0.6) is 5.75 Å². The standard InChI is InChI=1S/C15H19N5O3S/c1-10-7-19(8-11(2)23-10)14(22)9-24-15-16-17-18-20(15)12-3-5-13(21)6-4-12/h3-6,10-11,21H,7-9H2,1-2H3/t10-,11-/m0/s1. The Bertz CT molecular complexity index is 695. The lowest BCUT2D eigenvalue weighted by Gasteiger charge is -2.35. The van der Waals surface area contributed by atoms with Gasteiger partial charge in [-0.05, 0) is 48.5 Å². The van der Waals surface area contributed by atoms with Crippen molar-refractivity contribution in [1.82, 2.24) is 25.1 Å². The maximum atomic E-state index is 12.4. The van der Waals surface area contributed by atoms with E-state index in [2.05, 4.69) is 15.5 Å². The number of carbonyl (C=O) groups excluding carboxylic acids is 1. The van der Waals surface area contributed by atoms with Crippen LogP contribution >= 0.6 is 11.8 Å². The van der Waals surface area contributed by atoms with E-state index in [0.717, 1.165) is 5.69 Å². The van der Waals surface area contributed by atoms with Crippen molar-refractivity contribution in [2.24, 2.45) is 0 Å². The van der Waals surface area contributed by atoms with Crippen LogP contribution in [0, 0.1) is 0 Å². The van der Waals surface area contributed by atoms with E-state index in [1.165, 1.54) is 11.8 Å². The molecule has 2 heterocycles. The first-order valence-electron chi connectivity index (χ1n) is 7.66. The molecule has 1 N–H and O–H groups in total. The molecule has 0 radical (unpaired) electrons. The van der Waals surface area contributed by atoms with Crippen molar-refractivity contribution in [3.05, 3.63) is 24.3 Å². The van der Waals surface area contributed by atoms with Crippen molar-refractivity contribution in [2.75, 3.05) is 18.8 Å². The van der Waals surface area contributed by atoms with E-state index in [-0.39, 0.29) is 29.6 Å². The van der Waals surface area contributed by atoms with Crippen LogP contribution in [0.4, 0.5) is 0 Å². The van der Waals surface area contributed by atoms with Gasteiger partial charge in [-0.1, -0.05) is 11.8 Å². The maximum absolute atomic E-state index is 12.4. The molecule has 9 heteroatoms. The largest absolute Gasteiger partial charge is 0.508 e. The van der Waals surface area contributed by atoms with Crippen LogP contribution in [-0.2, 0) is 9.53 Å². The van der Waals surface area contributed by atoms with Crippen molar-refractivity contribution >= 4 is 17.7 Å². The summed E-state index contributed by atoms with van der Waals surface area (Å²) in [6.07, 6.45) is 0.0926. The van der Waals surface area contributed by atoms with E-state index in [9.17, 15) is 9.90 Å². The number of nitrogens with zero attached hydrogens (tertiary/aromatic N) is 5. The summed E-state index contributed by atoms with van der Waals surface area (Å²) in [5, 5.41) is 21.5. The lowest BCUT2D eigenvalue weighted by atomic mass is 10.2. The van der Waals surface area contributed by atoms with Gasteiger partial charge in [0, 0.05) is 13.1 Å². The van der Waals surface area contributed by atoms with Crippen LogP contribution in [0.25, 0.3) is 5.69 Å². The fourth-order valence-corrected chi connectivity index (χ4v) is 3.42. The molecule has 8 nitrogen and oxygen atoms in total. The highest BCUT2D eigenvalue weighted by Gasteiger charge is 2.26. The number of morpholine rings is 1. The molecule has 3 rings (SSSR count). The Kier molecular flexibility index (Phi) is 5.00. The number of phenols is 1. The Morgan fingerprint density at radius 3 is 2.62 bits per heavy atom. The van der Waals surface area contributed by atoms with Crippen molar-refractivity contribution in [3.63, 3.8) is 0 Å². The Morgan fingerprint density at radius 1 is 1.29 bits per heavy atom. The number of rotatable bonds is 4. The van der Waals surface area contributed by atoms with Gasteiger partial charge >= 0.3 is 0 Å². The van der Waals surface area contributed by atoms with Crippen LogP contribution in [-0.4, -0.2) is 67.2 Å². The van der Waals surface area contributed by atoms with E-state index in [1.54, 1.807) is 28.9 Å². The van der Waals surface area contributed by atoms with Crippen LogP contribution in [0.15, 0.2) is 29.4 Å². The average Bonchev–Trinajstić information content (AvgIpc) is 3.01. The lowest BCUT2D eigenvalue weighted by molar-refractivity contribution is -0.140. The van der Waals surface area contributed by atoms with E-state index >= 15 is 0 Å². The Balaban J connectivity index is 1.64. The lowest BCUT2D eigenvalue weighted by Crippen LogP contribution is -2.48. The highest BCUT2D eigenvalue weighted by Crippen LogP contribution is 2.21. The molecule has 0 unspecified atom stereocenters. The third-order valence-electron chi connectivity index (χ3n) is 3.63. The van der Waals surface area contributed by atoms with E-state index < -0.39 is 0 Å². The van der Waals surface area contributed by atoms with Gasteiger partial charge in [-0.15, -0.1) is 5.10 Å². The molecule has 1 saturated heterocycles. The summed E-state index contributed by atoms with van der Waals surface area (Å²) in [7, 11) is 0. The SMILES string of the molecule is C[C@H]1CN(C(=O)CSc2nnnn2-c2ccc(O)cc2)C[C@H](C)O1. The Labute approximate surface area is 143 Å². The number of phenolic OH excluding ortho intramolecular Hbond substituents is 1. The molecule has 1 fully saturated rings. The molecule has 1 aliphatic rings. The number of thioether (sulfide) groups is 1. The zero-order valence-corrected chi connectivity index (χ0v) is 14.3. The first-order chi connectivity index (χ1) is 11.5. The summed E-state index contributed by atoms with van der Waals surface area (Å²) >= 11 is 1.29. The summed E-state index contributed by atoms with van der Waals surface area (Å²) in [6.45, 7) is 5.14. The molecular formula is C15H19N5O3S. The molecular weight excluding hydrogens is 330 g/mol. The highest BCUT2D eigenvalue weighted by molar-refractivity contribution is 7.99. The number of ether oxygens (including phenoxy) is 1. The topological polar surface area (TPSA) is 93.4 Å². The summed E-state index contributed by atoms with van der Waals surface area (Å²) in [6, 6.07) is 6.55. The minimum absolute atomic E-state index is 0.0438.